The summed E-state index contributed by atoms with van der Waals surface area (Å²) in [5.41, 5.74) is 1.41. The Kier molecular flexibility index (Phi) is 8.73. The van der Waals surface area contributed by atoms with Gasteiger partial charge in [0.1, 0.15) is 12.4 Å². The Morgan fingerprint density at radius 2 is 1.93 bits per heavy atom. The van der Waals surface area contributed by atoms with Gasteiger partial charge in [-0.2, -0.15) is 0 Å². The lowest BCUT2D eigenvalue weighted by Crippen LogP contribution is -2.27. The van der Waals surface area contributed by atoms with E-state index >= 15 is 0 Å². The summed E-state index contributed by atoms with van der Waals surface area (Å²) in [6, 6.07) is 10.2. The molecule has 1 unspecified atom stereocenters. The zero-order valence-electron chi connectivity index (χ0n) is 16.3. The Labute approximate surface area is 173 Å². The second kappa shape index (κ2) is 11.0. The molecule has 0 aliphatic rings. The smallest absolute Gasteiger partial charge is 0.220 e. The van der Waals surface area contributed by atoms with Gasteiger partial charge in [-0.25, -0.2) is 4.39 Å². The van der Waals surface area contributed by atoms with Crippen LogP contribution in [0.5, 0.6) is 11.5 Å². The summed E-state index contributed by atoms with van der Waals surface area (Å²) < 4.78 is 30.5. The summed E-state index contributed by atoms with van der Waals surface area (Å²) in [7, 11) is 3.18. The van der Waals surface area contributed by atoms with Crippen molar-refractivity contribution in [2.24, 2.45) is 0 Å². The van der Waals surface area contributed by atoms with E-state index in [1.807, 2.05) is 25.1 Å². The van der Waals surface area contributed by atoms with Crippen LogP contribution in [0.2, 0.25) is 0 Å². The summed E-state index contributed by atoms with van der Waals surface area (Å²) in [6.07, 6.45) is 0.547. The van der Waals surface area contributed by atoms with E-state index in [0.717, 1.165) is 5.56 Å². The molecule has 0 saturated heterocycles. The van der Waals surface area contributed by atoms with Crippen molar-refractivity contribution >= 4 is 21.8 Å². The van der Waals surface area contributed by atoms with Gasteiger partial charge in [0, 0.05) is 18.0 Å². The average Bonchev–Trinajstić information content (AvgIpc) is 2.67. The molecule has 152 valence electrons. The lowest BCUT2D eigenvalue weighted by Gasteiger charge is -2.17. The van der Waals surface area contributed by atoms with Crippen molar-refractivity contribution in [1.29, 1.82) is 0 Å². The molecule has 7 heteroatoms. The topological polar surface area (TPSA) is 56.8 Å². The van der Waals surface area contributed by atoms with Crippen LogP contribution < -0.4 is 14.8 Å². The van der Waals surface area contributed by atoms with Gasteiger partial charge in [-0.1, -0.05) is 28.1 Å². The minimum atomic E-state index is -0.316. The van der Waals surface area contributed by atoms with E-state index in [2.05, 4.69) is 21.2 Å². The highest BCUT2D eigenvalue weighted by Gasteiger charge is 2.14. The summed E-state index contributed by atoms with van der Waals surface area (Å²) >= 11 is 3.22. The number of halogens is 2. The summed E-state index contributed by atoms with van der Waals surface area (Å²) in [5.74, 6) is 0.748. The molecule has 0 radical (unpaired) electrons. The maximum atomic E-state index is 13.9. The molecule has 1 amide bonds. The Hall–Kier alpha value is -2.12. The van der Waals surface area contributed by atoms with Crippen LogP contribution in [0.1, 0.15) is 30.5 Å². The quantitative estimate of drug-likeness (QED) is 0.540. The molecule has 2 aromatic carbocycles. The molecular weight excluding hydrogens is 429 g/mol. The number of hydrogen-bond donors (Lipinski definition) is 1. The minimum absolute atomic E-state index is 0.144. The summed E-state index contributed by atoms with van der Waals surface area (Å²) in [6.45, 7) is 2.79. The van der Waals surface area contributed by atoms with Crippen molar-refractivity contribution in [1.82, 2.24) is 5.32 Å². The normalized spacial score (nSPS) is 11.8. The predicted molar refractivity (Wildman–Crippen MR) is 109 cm³/mol. The minimum Gasteiger partial charge on any atom is -0.493 e. The van der Waals surface area contributed by atoms with Gasteiger partial charge >= 0.3 is 0 Å². The number of nitrogens with one attached hydrogen (secondary N) is 1. The van der Waals surface area contributed by atoms with Gasteiger partial charge in [0.05, 0.1) is 19.8 Å². The lowest BCUT2D eigenvalue weighted by molar-refractivity contribution is -0.121. The third kappa shape index (κ3) is 6.49. The fourth-order valence-corrected chi connectivity index (χ4v) is 3.01. The standard InChI is InChI=1S/C21H25BrFNO4/c1-14(16-5-8-19(20(12-16)27-3)28-11-10-26-2)24-21(25)9-6-15-4-7-17(22)13-18(15)23/h4-5,7-8,12-14H,6,9-11H2,1-3H3,(H,24,25). The molecule has 0 heterocycles. The van der Waals surface area contributed by atoms with Crippen molar-refractivity contribution in [3.05, 3.63) is 57.8 Å². The molecular formula is C21H25BrFNO4. The molecule has 0 saturated carbocycles. The Morgan fingerprint density at radius 1 is 1.14 bits per heavy atom. The number of carbonyl (C=O) groups is 1. The largest absolute Gasteiger partial charge is 0.493 e. The Bertz CT molecular complexity index is 800. The highest BCUT2D eigenvalue weighted by molar-refractivity contribution is 9.10. The van der Waals surface area contributed by atoms with Gasteiger partial charge in [0.15, 0.2) is 11.5 Å². The summed E-state index contributed by atoms with van der Waals surface area (Å²) in [5, 5.41) is 2.93. The van der Waals surface area contributed by atoms with E-state index < -0.39 is 0 Å². The van der Waals surface area contributed by atoms with Crippen LogP contribution in [0.15, 0.2) is 40.9 Å². The van der Waals surface area contributed by atoms with E-state index in [4.69, 9.17) is 14.2 Å². The molecule has 0 spiro atoms. The van der Waals surface area contributed by atoms with Gasteiger partial charge in [0.25, 0.3) is 0 Å². The van der Waals surface area contributed by atoms with Crippen molar-refractivity contribution < 1.29 is 23.4 Å². The lowest BCUT2D eigenvalue weighted by atomic mass is 10.1. The molecule has 0 aliphatic carbocycles. The number of methoxy groups -OCH3 is 2. The maximum Gasteiger partial charge on any atom is 0.220 e. The Morgan fingerprint density at radius 3 is 2.61 bits per heavy atom. The molecule has 0 fully saturated rings. The number of rotatable bonds is 10. The van der Waals surface area contributed by atoms with E-state index in [1.54, 1.807) is 26.4 Å². The first-order valence-corrected chi connectivity index (χ1v) is 9.77. The number of aryl methyl sites for hydroxylation is 1. The van der Waals surface area contributed by atoms with Gasteiger partial charge < -0.3 is 19.5 Å². The number of ether oxygens (including phenoxy) is 3. The summed E-state index contributed by atoms with van der Waals surface area (Å²) in [4.78, 5) is 12.3. The molecule has 2 aromatic rings. The van der Waals surface area contributed by atoms with Crippen LogP contribution in [0.4, 0.5) is 4.39 Å². The van der Waals surface area contributed by atoms with Gasteiger partial charge in [0.2, 0.25) is 5.91 Å². The van der Waals surface area contributed by atoms with Crippen LogP contribution in [0.25, 0.3) is 0 Å². The predicted octanol–water partition coefficient (Wildman–Crippen LogP) is 4.43. The number of hydrogen-bond acceptors (Lipinski definition) is 4. The molecule has 0 bridgehead atoms. The molecule has 1 N–H and O–H groups in total. The van der Waals surface area contributed by atoms with E-state index in [1.165, 1.54) is 6.07 Å². The van der Waals surface area contributed by atoms with Gasteiger partial charge in [-0.15, -0.1) is 0 Å². The maximum absolute atomic E-state index is 13.9. The van der Waals surface area contributed by atoms with Crippen LogP contribution in [0.3, 0.4) is 0 Å². The van der Waals surface area contributed by atoms with E-state index in [9.17, 15) is 9.18 Å². The van der Waals surface area contributed by atoms with Crippen molar-refractivity contribution in [3.8, 4) is 11.5 Å². The van der Waals surface area contributed by atoms with E-state index in [-0.39, 0.29) is 24.2 Å². The first kappa shape index (κ1) is 22.2. The molecule has 28 heavy (non-hydrogen) atoms. The van der Waals surface area contributed by atoms with Gasteiger partial charge in [-0.3, -0.25) is 4.79 Å². The first-order chi connectivity index (χ1) is 13.4. The van der Waals surface area contributed by atoms with Crippen molar-refractivity contribution in [2.45, 2.75) is 25.8 Å². The Balaban J connectivity index is 1.93. The molecule has 0 aliphatic heterocycles. The number of benzene rings is 2. The highest BCUT2D eigenvalue weighted by atomic mass is 79.9. The molecule has 0 aromatic heterocycles. The van der Waals surface area contributed by atoms with Crippen molar-refractivity contribution in [3.63, 3.8) is 0 Å². The van der Waals surface area contributed by atoms with Crippen LogP contribution in [0, 0.1) is 5.82 Å². The molecule has 1 atom stereocenters. The first-order valence-electron chi connectivity index (χ1n) is 8.97. The van der Waals surface area contributed by atoms with Crippen LogP contribution >= 0.6 is 15.9 Å². The zero-order valence-corrected chi connectivity index (χ0v) is 17.8. The third-order valence-corrected chi connectivity index (χ3v) is 4.74. The van der Waals surface area contributed by atoms with Gasteiger partial charge in [-0.05, 0) is 48.7 Å². The second-order valence-electron chi connectivity index (χ2n) is 6.28. The van der Waals surface area contributed by atoms with Crippen LogP contribution in [-0.4, -0.2) is 33.3 Å². The fraction of sp³-hybridized carbons (Fsp3) is 0.381. The number of carbonyl (C=O) groups excluding carboxylic acids is 1. The van der Waals surface area contributed by atoms with E-state index in [0.29, 0.717) is 41.2 Å². The monoisotopic (exact) mass is 453 g/mol. The zero-order chi connectivity index (χ0) is 20.5. The third-order valence-electron chi connectivity index (χ3n) is 4.25. The molecule has 5 nitrogen and oxygen atoms in total. The van der Waals surface area contributed by atoms with Crippen LogP contribution in [-0.2, 0) is 16.0 Å². The highest BCUT2D eigenvalue weighted by Crippen LogP contribution is 2.30. The second-order valence-corrected chi connectivity index (χ2v) is 7.19. The molecule has 2 rings (SSSR count). The fourth-order valence-electron chi connectivity index (χ4n) is 2.68. The van der Waals surface area contributed by atoms with Crippen molar-refractivity contribution in [2.75, 3.05) is 27.4 Å². The average molecular weight is 454 g/mol. The number of amides is 1. The SMILES string of the molecule is COCCOc1ccc(C(C)NC(=O)CCc2ccc(Br)cc2F)cc1OC.